The predicted molar refractivity (Wildman–Crippen MR) is 67.9 cm³/mol. The van der Waals surface area contributed by atoms with Gasteiger partial charge in [0.25, 0.3) is 0 Å². The molecule has 2 N–H and O–H groups in total. The van der Waals surface area contributed by atoms with Crippen molar-refractivity contribution in [1.82, 2.24) is 24.7 Å². The summed E-state index contributed by atoms with van der Waals surface area (Å²) in [5.41, 5.74) is 0.993. The second kappa shape index (κ2) is 4.78. The van der Waals surface area contributed by atoms with Crippen molar-refractivity contribution >= 4 is 10.0 Å². The largest absolute Gasteiger partial charge is 0.284 e. The molecule has 0 spiro atoms. The van der Waals surface area contributed by atoms with Crippen LogP contribution in [0.1, 0.15) is 24.5 Å². The number of piperidine rings is 1. The fourth-order valence-corrected chi connectivity index (χ4v) is 3.87. The Morgan fingerprint density at radius 3 is 2.95 bits per heavy atom. The highest BCUT2D eigenvalue weighted by molar-refractivity contribution is 7.89. The van der Waals surface area contributed by atoms with Gasteiger partial charge in [-0.15, -0.1) is 0 Å². The second-order valence-corrected chi connectivity index (χ2v) is 6.59. The molecule has 3 heterocycles. The van der Waals surface area contributed by atoms with Crippen molar-refractivity contribution in [2.45, 2.75) is 23.7 Å². The predicted octanol–water partition coefficient (Wildman–Crippen LogP) is 0.701. The molecule has 7 nitrogen and oxygen atoms in total. The van der Waals surface area contributed by atoms with Crippen molar-refractivity contribution in [2.75, 3.05) is 13.1 Å². The normalized spacial score (nSPS) is 21.6. The maximum atomic E-state index is 12.4. The number of nitrogens with zero attached hydrogens (tertiary/aromatic N) is 3. The van der Waals surface area contributed by atoms with Crippen LogP contribution < -0.4 is 0 Å². The van der Waals surface area contributed by atoms with E-state index in [2.05, 4.69) is 20.4 Å². The Hall–Kier alpha value is -1.67. The van der Waals surface area contributed by atoms with Crippen molar-refractivity contribution in [3.05, 3.63) is 30.4 Å². The maximum absolute atomic E-state index is 12.4. The molecule has 2 aromatic rings. The molecule has 0 bridgehead atoms. The Balaban J connectivity index is 1.82. The molecule has 0 saturated carbocycles. The van der Waals surface area contributed by atoms with Crippen molar-refractivity contribution in [3.63, 3.8) is 0 Å². The summed E-state index contributed by atoms with van der Waals surface area (Å²) < 4.78 is 26.3. The summed E-state index contributed by atoms with van der Waals surface area (Å²) in [6.45, 7) is 1.04. The quantitative estimate of drug-likeness (QED) is 0.865. The molecule has 8 heteroatoms. The minimum absolute atomic E-state index is 0.179. The van der Waals surface area contributed by atoms with E-state index in [9.17, 15) is 8.42 Å². The third-order valence-corrected chi connectivity index (χ3v) is 5.29. The average molecular weight is 281 g/mol. The van der Waals surface area contributed by atoms with E-state index in [1.165, 1.54) is 16.7 Å². The first-order chi connectivity index (χ1) is 9.18. The summed E-state index contributed by atoms with van der Waals surface area (Å²) in [5, 5.41) is 13.1. The fourth-order valence-electron chi connectivity index (χ4n) is 2.44. The van der Waals surface area contributed by atoms with Gasteiger partial charge >= 0.3 is 0 Å². The SMILES string of the molecule is O=S(=O)(c1cn[nH]c1)N1CCC[C@@H](c2ccn[nH]2)C1. The molecule has 1 fully saturated rings. The highest BCUT2D eigenvalue weighted by atomic mass is 32.2. The van der Waals surface area contributed by atoms with Crippen LogP contribution in [0.3, 0.4) is 0 Å². The Kier molecular flexibility index (Phi) is 3.11. The molecular formula is C11H15N5O2S. The third kappa shape index (κ3) is 2.28. The molecule has 2 aromatic heterocycles. The van der Waals surface area contributed by atoms with Crippen LogP contribution in [-0.2, 0) is 10.0 Å². The van der Waals surface area contributed by atoms with Gasteiger partial charge in [0.1, 0.15) is 4.90 Å². The monoisotopic (exact) mass is 281 g/mol. The van der Waals surface area contributed by atoms with Gasteiger partial charge in [-0.3, -0.25) is 10.2 Å². The Bertz CT molecular complexity index is 620. The van der Waals surface area contributed by atoms with Crippen LogP contribution in [0, 0.1) is 0 Å². The van der Waals surface area contributed by atoms with Gasteiger partial charge in [-0.2, -0.15) is 14.5 Å². The van der Waals surface area contributed by atoms with Crippen LogP contribution >= 0.6 is 0 Å². The molecule has 1 aliphatic heterocycles. The van der Waals surface area contributed by atoms with E-state index in [-0.39, 0.29) is 10.8 Å². The Labute approximate surface area is 111 Å². The second-order valence-electron chi connectivity index (χ2n) is 4.65. The summed E-state index contributed by atoms with van der Waals surface area (Å²) in [7, 11) is -3.44. The zero-order chi connectivity index (χ0) is 13.3. The van der Waals surface area contributed by atoms with Gasteiger partial charge in [0, 0.05) is 37.1 Å². The van der Waals surface area contributed by atoms with Crippen molar-refractivity contribution in [3.8, 4) is 0 Å². The zero-order valence-electron chi connectivity index (χ0n) is 10.3. The lowest BCUT2D eigenvalue weighted by Crippen LogP contribution is -2.39. The molecule has 19 heavy (non-hydrogen) atoms. The van der Waals surface area contributed by atoms with Gasteiger partial charge in [0.15, 0.2) is 0 Å². The molecule has 0 radical (unpaired) electrons. The summed E-state index contributed by atoms with van der Waals surface area (Å²) in [6, 6.07) is 1.90. The standard InChI is InChI=1S/C11H15N5O2S/c17-19(18,10-6-13-14-7-10)16-5-1-2-9(8-16)11-3-4-12-15-11/h3-4,6-7,9H,1-2,5,8H2,(H,12,15)(H,13,14)/t9-/m1/s1. The van der Waals surface area contributed by atoms with Crippen molar-refractivity contribution < 1.29 is 8.42 Å². The summed E-state index contributed by atoms with van der Waals surface area (Å²) in [6.07, 6.45) is 6.27. The number of aromatic amines is 2. The molecule has 1 aliphatic rings. The minimum Gasteiger partial charge on any atom is -0.284 e. The smallest absolute Gasteiger partial charge is 0.246 e. The van der Waals surface area contributed by atoms with Crippen LogP contribution in [0.15, 0.2) is 29.6 Å². The molecule has 3 rings (SSSR count). The highest BCUT2D eigenvalue weighted by Crippen LogP contribution is 2.28. The number of hydrogen-bond acceptors (Lipinski definition) is 4. The van der Waals surface area contributed by atoms with E-state index in [4.69, 9.17) is 0 Å². The topological polar surface area (TPSA) is 94.7 Å². The van der Waals surface area contributed by atoms with Gasteiger partial charge in [-0.1, -0.05) is 0 Å². The highest BCUT2D eigenvalue weighted by Gasteiger charge is 2.31. The molecule has 0 amide bonds. The molecular weight excluding hydrogens is 266 g/mol. The lowest BCUT2D eigenvalue weighted by molar-refractivity contribution is 0.312. The van der Waals surface area contributed by atoms with E-state index >= 15 is 0 Å². The lowest BCUT2D eigenvalue weighted by Gasteiger charge is -2.30. The summed E-state index contributed by atoms with van der Waals surface area (Å²) in [4.78, 5) is 0.220. The van der Waals surface area contributed by atoms with Gasteiger partial charge < -0.3 is 0 Å². The van der Waals surface area contributed by atoms with Gasteiger partial charge in [0.2, 0.25) is 10.0 Å². The number of rotatable bonds is 3. The molecule has 1 saturated heterocycles. The van der Waals surface area contributed by atoms with E-state index in [0.29, 0.717) is 13.1 Å². The van der Waals surface area contributed by atoms with Crippen LogP contribution in [0.2, 0.25) is 0 Å². The minimum atomic E-state index is -3.44. The summed E-state index contributed by atoms with van der Waals surface area (Å²) >= 11 is 0. The van der Waals surface area contributed by atoms with Gasteiger partial charge in [-0.05, 0) is 18.9 Å². The van der Waals surface area contributed by atoms with Gasteiger partial charge in [0.05, 0.1) is 6.20 Å². The van der Waals surface area contributed by atoms with Gasteiger partial charge in [-0.25, -0.2) is 8.42 Å². The molecule has 0 aromatic carbocycles. The van der Waals surface area contributed by atoms with E-state index in [0.717, 1.165) is 18.5 Å². The Morgan fingerprint density at radius 1 is 1.37 bits per heavy atom. The first-order valence-corrected chi connectivity index (χ1v) is 7.60. The maximum Gasteiger partial charge on any atom is 0.246 e. The molecule has 1 atom stereocenters. The van der Waals surface area contributed by atoms with E-state index in [1.807, 2.05) is 6.07 Å². The molecule has 102 valence electrons. The van der Waals surface area contributed by atoms with Crippen molar-refractivity contribution in [1.29, 1.82) is 0 Å². The number of hydrogen-bond donors (Lipinski definition) is 2. The average Bonchev–Trinajstić information content (AvgIpc) is 3.12. The lowest BCUT2D eigenvalue weighted by atomic mass is 9.96. The van der Waals surface area contributed by atoms with Crippen LogP contribution in [0.4, 0.5) is 0 Å². The molecule has 0 aliphatic carbocycles. The summed E-state index contributed by atoms with van der Waals surface area (Å²) in [5.74, 6) is 0.179. The van der Waals surface area contributed by atoms with Crippen LogP contribution in [0.25, 0.3) is 0 Å². The fraction of sp³-hybridized carbons (Fsp3) is 0.455. The first kappa shape index (κ1) is 12.4. The van der Waals surface area contributed by atoms with Crippen molar-refractivity contribution in [2.24, 2.45) is 0 Å². The number of H-pyrrole nitrogens is 2. The Morgan fingerprint density at radius 2 is 2.26 bits per heavy atom. The zero-order valence-corrected chi connectivity index (χ0v) is 11.1. The third-order valence-electron chi connectivity index (χ3n) is 3.46. The first-order valence-electron chi connectivity index (χ1n) is 6.16. The number of sulfonamides is 1. The number of aromatic nitrogens is 4. The van der Waals surface area contributed by atoms with Crippen LogP contribution in [0.5, 0.6) is 0 Å². The molecule has 0 unspecified atom stereocenters. The van der Waals surface area contributed by atoms with Crippen LogP contribution in [-0.4, -0.2) is 46.2 Å². The van der Waals surface area contributed by atoms with E-state index in [1.54, 1.807) is 6.20 Å². The number of nitrogens with one attached hydrogen (secondary N) is 2. The van der Waals surface area contributed by atoms with E-state index < -0.39 is 10.0 Å².